The fourth-order valence-electron chi connectivity index (χ4n) is 1.51. The molecule has 0 aliphatic heterocycles. The summed E-state index contributed by atoms with van der Waals surface area (Å²) in [6.07, 6.45) is 0. The van der Waals surface area contributed by atoms with Crippen molar-refractivity contribution in [2.24, 2.45) is 5.73 Å². The highest BCUT2D eigenvalue weighted by molar-refractivity contribution is 7.98. The summed E-state index contributed by atoms with van der Waals surface area (Å²) in [4.78, 5) is 11.1. The number of nitrogens with zero attached hydrogens (tertiary/aromatic N) is 2. The largest absolute Gasteiger partial charge is 0.468 e. The summed E-state index contributed by atoms with van der Waals surface area (Å²) in [6, 6.07) is 6.47. The highest BCUT2D eigenvalue weighted by Gasteiger charge is 2.14. The van der Waals surface area contributed by atoms with Crippen molar-refractivity contribution in [1.82, 2.24) is 10.2 Å². The second-order valence-electron chi connectivity index (χ2n) is 4.15. The molecule has 1 aromatic carbocycles. The smallest absolute Gasteiger partial charge is 0.323 e. The van der Waals surface area contributed by atoms with Crippen molar-refractivity contribution in [3.63, 3.8) is 0 Å². The van der Waals surface area contributed by atoms with Crippen molar-refractivity contribution in [3.8, 4) is 11.5 Å². The van der Waals surface area contributed by atoms with Crippen LogP contribution in [0.4, 0.5) is 0 Å². The number of nitrogens with two attached hydrogens (primary N) is 1. The van der Waals surface area contributed by atoms with Crippen molar-refractivity contribution in [3.05, 3.63) is 35.2 Å². The number of carbonyl (C=O) groups excluding carboxylic acids is 1. The number of halogens is 1. The van der Waals surface area contributed by atoms with Crippen molar-refractivity contribution in [1.29, 1.82) is 0 Å². The van der Waals surface area contributed by atoms with Gasteiger partial charge in [-0.05, 0) is 24.3 Å². The number of benzene rings is 1. The van der Waals surface area contributed by atoms with E-state index < -0.39 is 12.0 Å². The average molecular weight is 328 g/mol. The molecule has 0 radical (unpaired) electrons. The molecule has 0 amide bonds. The Bertz CT molecular complexity index is 603. The van der Waals surface area contributed by atoms with Gasteiger partial charge in [0.15, 0.2) is 0 Å². The molecule has 1 unspecified atom stereocenters. The molecule has 0 saturated heterocycles. The van der Waals surface area contributed by atoms with E-state index in [0.717, 1.165) is 5.56 Å². The van der Waals surface area contributed by atoms with Crippen LogP contribution in [0.25, 0.3) is 11.5 Å². The first-order valence-electron chi connectivity index (χ1n) is 6.09. The fourth-order valence-corrected chi connectivity index (χ4v) is 2.44. The van der Waals surface area contributed by atoms with Crippen LogP contribution in [0.5, 0.6) is 0 Å². The lowest BCUT2D eigenvalue weighted by Crippen LogP contribution is -2.33. The van der Waals surface area contributed by atoms with E-state index in [-0.39, 0.29) is 0 Å². The van der Waals surface area contributed by atoms with Gasteiger partial charge in [0.1, 0.15) is 6.04 Å². The highest BCUT2D eigenvalue weighted by Crippen LogP contribution is 2.21. The quantitative estimate of drug-likeness (QED) is 0.812. The van der Waals surface area contributed by atoms with Gasteiger partial charge in [0, 0.05) is 16.3 Å². The number of aromatic nitrogens is 2. The fraction of sp³-hybridized carbons (Fsp3) is 0.308. The number of hydrogen-bond acceptors (Lipinski definition) is 7. The molecule has 2 rings (SSSR count). The van der Waals surface area contributed by atoms with Crippen molar-refractivity contribution in [2.75, 3.05) is 12.9 Å². The van der Waals surface area contributed by atoms with Crippen LogP contribution >= 0.6 is 23.4 Å². The first-order valence-corrected chi connectivity index (χ1v) is 7.63. The third-order valence-corrected chi connectivity index (χ3v) is 3.88. The number of esters is 1. The van der Waals surface area contributed by atoms with Gasteiger partial charge in [0.25, 0.3) is 0 Å². The average Bonchev–Trinajstić information content (AvgIpc) is 2.95. The monoisotopic (exact) mass is 327 g/mol. The molecule has 21 heavy (non-hydrogen) atoms. The molecular weight excluding hydrogens is 314 g/mol. The lowest BCUT2D eigenvalue weighted by atomic mass is 10.2. The van der Waals surface area contributed by atoms with E-state index in [1.165, 1.54) is 18.9 Å². The van der Waals surface area contributed by atoms with Crippen LogP contribution in [0.1, 0.15) is 5.89 Å². The van der Waals surface area contributed by atoms with Crippen LogP contribution in [0.2, 0.25) is 5.02 Å². The number of ether oxygens (including phenoxy) is 1. The molecular formula is C13H14ClN3O3S. The van der Waals surface area contributed by atoms with E-state index in [0.29, 0.717) is 28.3 Å². The lowest BCUT2D eigenvalue weighted by Gasteiger charge is -2.06. The Hall–Kier alpha value is -1.57. The lowest BCUT2D eigenvalue weighted by molar-refractivity contribution is -0.141. The van der Waals surface area contributed by atoms with Gasteiger partial charge in [0.2, 0.25) is 11.8 Å². The normalized spacial score (nSPS) is 12.1. The molecule has 8 heteroatoms. The summed E-state index contributed by atoms with van der Waals surface area (Å²) in [5, 5.41) is 8.56. The van der Waals surface area contributed by atoms with Crippen LogP contribution in [0, 0.1) is 0 Å². The van der Waals surface area contributed by atoms with E-state index in [1.807, 2.05) is 0 Å². The molecule has 2 aromatic rings. The first-order chi connectivity index (χ1) is 10.1. The molecule has 0 aliphatic carbocycles. The Morgan fingerprint density at radius 2 is 2.14 bits per heavy atom. The van der Waals surface area contributed by atoms with Gasteiger partial charge in [-0.1, -0.05) is 11.6 Å². The molecule has 112 valence electrons. The number of thioether (sulfide) groups is 1. The topological polar surface area (TPSA) is 91.2 Å². The third kappa shape index (κ3) is 4.45. The predicted octanol–water partition coefficient (Wildman–Crippen LogP) is 2.12. The molecule has 1 atom stereocenters. The molecule has 0 saturated carbocycles. The molecule has 0 spiro atoms. The van der Waals surface area contributed by atoms with E-state index in [2.05, 4.69) is 14.9 Å². The molecule has 0 aliphatic rings. The maximum atomic E-state index is 11.1. The zero-order valence-corrected chi connectivity index (χ0v) is 12.9. The SMILES string of the molecule is COC(=O)C(N)CSCc1nnc(-c2ccc(Cl)cc2)o1. The molecule has 0 bridgehead atoms. The number of hydrogen-bond donors (Lipinski definition) is 1. The Morgan fingerprint density at radius 1 is 1.43 bits per heavy atom. The van der Waals surface area contributed by atoms with Crippen LogP contribution < -0.4 is 5.73 Å². The number of rotatable bonds is 6. The zero-order valence-electron chi connectivity index (χ0n) is 11.3. The summed E-state index contributed by atoms with van der Waals surface area (Å²) in [5.41, 5.74) is 6.43. The van der Waals surface area contributed by atoms with Gasteiger partial charge in [-0.3, -0.25) is 4.79 Å². The molecule has 1 heterocycles. The van der Waals surface area contributed by atoms with Crippen LogP contribution in [-0.2, 0) is 15.3 Å². The highest BCUT2D eigenvalue weighted by atomic mass is 35.5. The van der Waals surface area contributed by atoms with Crippen molar-refractivity contribution in [2.45, 2.75) is 11.8 Å². The van der Waals surface area contributed by atoms with Crippen molar-refractivity contribution < 1.29 is 13.9 Å². The first kappa shape index (κ1) is 15.8. The maximum absolute atomic E-state index is 11.1. The maximum Gasteiger partial charge on any atom is 0.323 e. The Kier molecular flexibility index (Phi) is 5.60. The van der Waals surface area contributed by atoms with Crippen LogP contribution in [0.15, 0.2) is 28.7 Å². The minimum atomic E-state index is -0.654. The predicted molar refractivity (Wildman–Crippen MR) is 80.9 cm³/mol. The van der Waals surface area contributed by atoms with E-state index in [1.54, 1.807) is 24.3 Å². The molecule has 6 nitrogen and oxygen atoms in total. The van der Waals surface area contributed by atoms with Crippen LogP contribution in [-0.4, -0.2) is 35.1 Å². The Morgan fingerprint density at radius 3 is 2.81 bits per heavy atom. The second-order valence-corrected chi connectivity index (χ2v) is 5.62. The second kappa shape index (κ2) is 7.44. The zero-order chi connectivity index (χ0) is 15.2. The van der Waals surface area contributed by atoms with Gasteiger partial charge in [-0.25, -0.2) is 0 Å². The summed E-state index contributed by atoms with van der Waals surface area (Å²) in [5.74, 6) is 1.37. The number of carbonyl (C=O) groups is 1. The van der Waals surface area contributed by atoms with Gasteiger partial charge < -0.3 is 14.9 Å². The molecule has 0 fully saturated rings. The molecule has 2 N–H and O–H groups in total. The van der Waals surface area contributed by atoms with E-state index in [9.17, 15) is 4.79 Å². The van der Waals surface area contributed by atoms with E-state index in [4.69, 9.17) is 21.8 Å². The standard InChI is InChI=1S/C13H14ClN3O3S/c1-19-13(18)10(15)6-21-7-11-16-17-12(20-11)8-2-4-9(14)5-3-8/h2-5,10H,6-7,15H2,1H3. The summed E-state index contributed by atoms with van der Waals surface area (Å²) < 4.78 is 10.1. The Labute approximate surface area is 131 Å². The Balaban J connectivity index is 1.89. The summed E-state index contributed by atoms with van der Waals surface area (Å²) >= 11 is 7.25. The molecule has 1 aromatic heterocycles. The van der Waals surface area contributed by atoms with Crippen LogP contribution in [0.3, 0.4) is 0 Å². The van der Waals surface area contributed by atoms with Crippen molar-refractivity contribution >= 4 is 29.3 Å². The van der Waals surface area contributed by atoms with Gasteiger partial charge >= 0.3 is 5.97 Å². The van der Waals surface area contributed by atoms with E-state index >= 15 is 0 Å². The third-order valence-electron chi connectivity index (χ3n) is 2.58. The minimum Gasteiger partial charge on any atom is -0.468 e. The van der Waals surface area contributed by atoms with Gasteiger partial charge in [-0.15, -0.1) is 22.0 Å². The summed E-state index contributed by atoms with van der Waals surface area (Å²) in [6.45, 7) is 0. The minimum absolute atomic E-state index is 0.422. The van der Waals surface area contributed by atoms with Gasteiger partial charge in [-0.2, -0.15) is 0 Å². The summed E-state index contributed by atoms with van der Waals surface area (Å²) in [7, 11) is 1.31. The van der Waals surface area contributed by atoms with Gasteiger partial charge in [0.05, 0.1) is 12.9 Å². The number of methoxy groups -OCH3 is 1.